The van der Waals surface area contributed by atoms with Gasteiger partial charge in [-0.15, -0.1) is 12.3 Å². The molecule has 0 fully saturated rings. The molecule has 0 bridgehead atoms. The van der Waals surface area contributed by atoms with Crippen molar-refractivity contribution in [3.63, 3.8) is 0 Å². The Labute approximate surface area is 76.9 Å². The molecule has 12 heavy (non-hydrogen) atoms. The second-order valence-electron chi connectivity index (χ2n) is 3.41. The smallest absolute Gasteiger partial charge is 0.0240 e. The zero-order valence-corrected chi connectivity index (χ0v) is 8.56. The predicted octanol–water partition coefficient (Wildman–Crippen LogP) is 2.42. The summed E-state index contributed by atoms with van der Waals surface area (Å²) in [5.74, 6) is 3.50. The van der Waals surface area contributed by atoms with E-state index in [1.165, 1.54) is 12.8 Å². The molecule has 70 valence electrons. The van der Waals surface area contributed by atoms with Crippen molar-refractivity contribution in [3.05, 3.63) is 0 Å². The van der Waals surface area contributed by atoms with Crippen molar-refractivity contribution in [2.45, 2.75) is 46.1 Å². The van der Waals surface area contributed by atoms with Crippen LogP contribution < -0.4 is 5.32 Å². The van der Waals surface area contributed by atoms with E-state index < -0.39 is 0 Å². The van der Waals surface area contributed by atoms with E-state index in [1.807, 2.05) is 0 Å². The van der Waals surface area contributed by atoms with Gasteiger partial charge in [-0.05, 0) is 18.9 Å². The first-order valence-corrected chi connectivity index (χ1v) is 4.91. The van der Waals surface area contributed by atoms with Crippen LogP contribution >= 0.6 is 0 Å². The zero-order chi connectivity index (χ0) is 9.40. The van der Waals surface area contributed by atoms with Gasteiger partial charge in [-0.1, -0.05) is 27.2 Å². The van der Waals surface area contributed by atoms with Gasteiger partial charge >= 0.3 is 0 Å². The summed E-state index contributed by atoms with van der Waals surface area (Å²) in [4.78, 5) is 0. The minimum Gasteiger partial charge on any atom is -0.313 e. The standard InChI is InChI=1S/C11H21N/c1-5-8-11(12-7-3)9-10(4)6-2/h1,10-12H,6-9H2,2-4H3. The summed E-state index contributed by atoms with van der Waals surface area (Å²) in [6.45, 7) is 7.65. The number of rotatable bonds is 6. The van der Waals surface area contributed by atoms with Gasteiger partial charge in [0.25, 0.3) is 0 Å². The van der Waals surface area contributed by atoms with Crippen LogP contribution in [-0.4, -0.2) is 12.6 Å². The van der Waals surface area contributed by atoms with Crippen molar-refractivity contribution in [2.24, 2.45) is 5.92 Å². The molecule has 2 unspecified atom stereocenters. The molecule has 0 aromatic rings. The summed E-state index contributed by atoms with van der Waals surface area (Å²) in [6, 6.07) is 0.523. The fourth-order valence-corrected chi connectivity index (χ4v) is 1.32. The maximum Gasteiger partial charge on any atom is 0.0240 e. The van der Waals surface area contributed by atoms with E-state index in [1.54, 1.807) is 0 Å². The van der Waals surface area contributed by atoms with Gasteiger partial charge < -0.3 is 5.32 Å². The Morgan fingerprint density at radius 2 is 2.08 bits per heavy atom. The van der Waals surface area contributed by atoms with E-state index in [0.717, 1.165) is 18.9 Å². The Kier molecular flexibility index (Phi) is 6.90. The largest absolute Gasteiger partial charge is 0.313 e. The maximum absolute atomic E-state index is 5.29. The average Bonchev–Trinajstić information content (AvgIpc) is 2.05. The lowest BCUT2D eigenvalue weighted by Crippen LogP contribution is -2.30. The van der Waals surface area contributed by atoms with Crippen molar-refractivity contribution in [2.75, 3.05) is 6.54 Å². The predicted molar refractivity (Wildman–Crippen MR) is 55.0 cm³/mol. The lowest BCUT2D eigenvalue weighted by Gasteiger charge is -2.18. The minimum atomic E-state index is 0.523. The lowest BCUT2D eigenvalue weighted by molar-refractivity contribution is 0.404. The molecular formula is C11H21N. The van der Waals surface area contributed by atoms with Gasteiger partial charge in [0, 0.05) is 12.5 Å². The molecule has 0 aliphatic rings. The summed E-state index contributed by atoms with van der Waals surface area (Å²) in [6.07, 6.45) is 8.59. The van der Waals surface area contributed by atoms with Crippen LogP contribution in [0, 0.1) is 18.3 Å². The molecule has 1 heteroatoms. The second kappa shape index (κ2) is 7.18. The minimum absolute atomic E-state index is 0.523. The number of terminal acetylenes is 1. The molecule has 0 heterocycles. The Bertz CT molecular complexity index is 134. The molecule has 0 radical (unpaired) electrons. The number of nitrogens with one attached hydrogen (secondary N) is 1. The monoisotopic (exact) mass is 167 g/mol. The van der Waals surface area contributed by atoms with E-state index in [-0.39, 0.29) is 0 Å². The average molecular weight is 167 g/mol. The van der Waals surface area contributed by atoms with Crippen molar-refractivity contribution >= 4 is 0 Å². The van der Waals surface area contributed by atoms with Crippen LogP contribution in [0.4, 0.5) is 0 Å². The molecule has 0 aromatic carbocycles. The van der Waals surface area contributed by atoms with E-state index in [4.69, 9.17) is 6.42 Å². The van der Waals surface area contributed by atoms with E-state index in [9.17, 15) is 0 Å². The van der Waals surface area contributed by atoms with Gasteiger partial charge in [-0.2, -0.15) is 0 Å². The van der Waals surface area contributed by atoms with Crippen molar-refractivity contribution in [1.29, 1.82) is 0 Å². The third-order valence-corrected chi connectivity index (χ3v) is 2.24. The molecule has 0 aliphatic carbocycles. The summed E-state index contributed by atoms with van der Waals surface area (Å²) >= 11 is 0. The maximum atomic E-state index is 5.29. The van der Waals surface area contributed by atoms with Crippen LogP contribution in [0.3, 0.4) is 0 Å². The highest BCUT2D eigenvalue weighted by molar-refractivity contribution is 4.90. The first-order valence-electron chi connectivity index (χ1n) is 4.91. The molecule has 0 saturated heterocycles. The fourth-order valence-electron chi connectivity index (χ4n) is 1.32. The van der Waals surface area contributed by atoms with Crippen molar-refractivity contribution in [1.82, 2.24) is 5.32 Å². The first kappa shape index (κ1) is 11.5. The van der Waals surface area contributed by atoms with Crippen molar-refractivity contribution in [3.8, 4) is 12.3 Å². The molecule has 0 rings (SSSR count). The van der Waals surface area contributed by atoms with E-state index >= 15 is 0 Å². The molecule has 2 atom stereocenters. The molecule has 1 N–H and O–H groups in total. The Morgan fingerprint density at radius 3 is 2.50 bits per heavy atom. The van der Waals surface area contributed by atoms with Gasteiger partial charge in [0.1, 0.15) is 0 Å². The normalized spacial score (nSPS) is 15.2. The van der Waals surface area contributed by atoms with Crippen LogP contribution in [0.25, 0.3) is 0 Å². The Hall–Kier alpha value is -0.480. The molecule has 0 aliphatic heterocycles. The van der Waals surface area contributed by atoms with Gasteiger partial charge in [-0.25, -0.2) is 0 Å². The Balaban J connectivity index is 3.70. The molecular weight excluding hydrogens is 146 g/mol. The van der Waals surface area contributed by atoms with Gasteiger partial charge in [-0.3, -0.25) is 0 Å². The van der Waals surface area contributed by atoms with Gasteiger partial charge in [0.05, 0.1) is 0 Å². The molecule has 0 aromatic heterocycles. The molecule has 1 nitrogen and oxygen atoms in total. The highest BCUT2D eigenvalue weighted by Crippen LogP contribution is 2.11. The third-order valence-electron chi connectivity index (χ3n) is 2.24. The van der Waals surface area contributed by atoms with Crippen LogP contribution in [0.1, 0.15) is 40.0 Å². The van der Waals surface area contributed by atoms with E-state index in [2.05, 4.69) is 32.0 Å². The lowest BCUT2D eigenvalue weighted by atomic mass is 9.97. The van der Waals surface area contributed by atoms with Crippen LogP contribution in [-0.2, 0) is 0 Å². The number of hydrogen-bond acceptors (Lipinski definition) is 1. The third kappa shape index (κ3) is 5.21. The van der Waals surface area contributed by atoms with Crippen LogP contribution in [0.5, 0.6) is 0 Å². The van der Waals surface area contributed by atoms with Crippen molar-refractivity contribution < 1.29 is 0 Å². The summed E-state index contributed by atoms with van der Waals surface area (Å²) in [7, 11) is 0. The highest BCUT2D eigenvalue weighted by Gasteiger charge is 2.09. The Morgan fingerprint density at radius 1 is 1.42 bits per heavy atom. The second-order valence-corrected chi connectivity index (χ2v) is 3.41. The quantitative estimate of drug-likeness (QED) is 0.599. The molecule has 0 spiro atoms. The van der Waals surface area contributed by atoms with Gasteiger partial charge in [0.2, 0.25) is 0 Å². The highest BCUT2D eigenvalue weighted by atomic mass is 14.9. The summed E-state index contributed by atoms with van der Waals surface area (Å²) < 4.78 is 0. The zero-order valence-electron chi connectivity index (χ0n) is 8.56. The van der Waals surface area contributed by atoms with Crippen LogP contribution in [0.15, 0.2) is 0 Å². The van der Waals surface area contributed by atoms with E-state index in [0.29, 0.717) is 6.04 Å². The first-order chi connectivity index (χ1) is 5.74. The summed E-state index contributed by atoms with van der Waals surface area (Å²) in [5.41, 5.74) is 0. The number of hydrogen-bond donors (Lipinski definition) is 1. The van der Waals surface area contributed by atoms with Gasteiger partial charge in [0.15, 0.2) is 0 Å². The fraction of sp³-hybridized carbons (Fsp3) is 0.818. The SMILES string of the molecule is C#CCC(CC(C)CC)NCC. The topological polar surface area (TPSA) is 12.0 Å². The molecule has 0 amide bonds. The van der Waals surface area contributed by atoms with Crippen LogP contribution in [0.2, 0.25) is 0 Å². The summed E-state index contributed by atoms with van der Waals surface area (Å²) in [5, 5.41) is 3.41. The molecule has 0 saturated carbocycles.